The molecular weight excluding hydrogens is 366 g/mol. The Labute approximate surface area is 175 Å². The maximum atomic E-state index is 12.4. The van der Waals surface area contributed by atoms with Crippen molar-refractivity contribution in [3.05, 3.63) is 17.6 Å². The third kappa shape index (κ3) is 6.56. The van der Waals surface area contributed by atoms with Crippen LogP contribution in [-0.4, -0.2) is 66.3 Å². The largest absolute Gasteiger partial charge is 0.378 e. The van der Waals surface area contributed by atoms with E-state index >= 15 is 0 Å². The fraction of sp³-hybridized carbons (Fsp3) is 0.773. The smallest absolute Gasteiger partial charge is 0.317 e. The van der Waals surface area contributed by atoms with Crippen LogP contribution in [-0.2, 0) is 4.74 Å². The average Bonchev–Trinajstić information content (AvgIpc) is 2.73. The molecule has 1 N–H and O–H groups in total. The summed E-state index contributed by atoms with van der Waals surface area (Å²) in [5.74, 6) is 2.17. The van der Waals surface area contributed by atoms with Gasteiger partial charge in [-0.3, -0.25) is 0 Å². The molecule has 1 aromatic rings. The molecule has 2 heterocycles. The number of urea groups is 1. The third-order valence-corrected chi connectivity index (χ3v) is 5.77. The molecule has 0 aromatic carbocycles. The third-order valence-electron chi connectivity index (χ3n) is 5.77. The van der Waals surface area contributed by atoms with Gasteiger partial charge in [0.05, 0.1) is 6.10 Å². The summed E-state index contributed by atoms with van der Waals surface area (Å²) in [5, 5.41) is 3.04. The lowest BCUT2D eigenvalue weighted by Gasteiger charge is -2.35. The number of anilines is 1. The zero-order chi connectivity index (χ0) is 20.6. The molecule has 29 heavy (non-hydrogen) atoms. The SMILES string of the molecule is Cc1cc(N2CCN(C(=O)NCCCOC3CCCCC3)CC2)nc(C(C)C)n1. The minimum Gasteiger partial charge on any atom is -0.378 e. The number of nitrogens with one attached hydrogen (secondary N) is 1. The lowest BCUT2D eigenvalue weighted by molar-refractivity contribution is 0.0274. The van der Waals surface area contributed by atoms with E-state index in [1.54, 1.807) is 0 Å². The molecule has 162 valence electrons. The zero-order valence-electron chi connectivity index (χ0n) is 18.3. The van der Waals surface area contributed by atoms with Crippen molar-refractivity contribution in [2.24, 2.45) is 0 Å². The van der Waals surface area contributed by atoms with Crippen LogP contribution in [0.4, 0.5) is 10.6 Å². The maximum Gasteiger partial charge on any atom is 0.317 e. The first kappa shape index (κ1) is 21.8. The molecule has 7 nitrogen and oxygen atoms in total. The van der Waals surface area contributed by atoms with Crippen molar-refractivity contribution in [3.8, 4) is 0 Å². The van der Waals surface area contributed by atoms with E-state index in [-0.39, 0.29) is 6.03 Å². The summed E-state index contributed by atoms with van der Waals surface area (Å²) < 4.78 is 5.93. The van der Waals surface area contributed by atoms with Gasteiger partial charge in [0, 0.05) is 57.0 Å². The summed E-state index contributed by atoms with van der Waals surface area (Å²) >= 11 is 0. The van der Waals surface area contributed by atoms with E-state index in [0.29, 0.717) is 31.7 Å². The second-order valence-electron chi connectivity index (χ2n) is 8.57. The molecule has 1 aromatic heterocycles. The summed E-state index contributed by atoms with van der Waals surface area (Å²) in [5.41, 5.74) is 0.995. The van der Waals surface area contributed by atoms with E-state index in [1.165, 1.54) is 32.1 Å². The summed E-state index contributed by atoms with van der Waals surface area (Å²) in [6, 6.07) is 2.07. The second-order valence-corrected chi connectivity index (χ2v) is 8.57. The summed E-state index contributed by atoms with van der Waals surface area (Å²) in [4.78, 5) is 25.8. The molecule has 1 saturated carbocycles. The first-order valence-corrected chi connectivity index (χ1v) is 11.3. The van der Waals surface area contributed by atoms with Crippen LogP contribution in [0.2, 0.25) is 0 Å². The van der Waals surface area contributed by atoms with Crippen molar-refractivity contribution in [2.45, 2.75) is 71.3 Å². The van der Waals surface area contributed by atoms with Gasteiger partial charge in [-0.25, -0.2) is 14.8 Å². The Bertz CT molecular complexity index is 653. The first-order chi connectivity index (χ1) is 14.0. The molecule has 2 fully saturated rings. The van der Waals surface area contributed by atoms with Crippen LogP contribution in [0.3, 0.4) is 0 Å². The lowest BCUT2D eigenvalue weighted by atomic mass is 9.98. The Morgan fingerprint density at radius 3 is 2.59 bits per heavy atom. The van der Waals surface area contributed by atoms with Crippen molar-refractivity contribution >= 4 is 11.8 Å². The average molecular weight is 404 g/mol. The summed E-state index contributed by atoms with van der Waals surface area (Å²) in [6.07, 6.45) is 7.64. The van der Waals surface area contributed by atoms with E-state index in [4.69, 9.17) is 9.72 Å². The molecule has 2 aliphatic rings. The number of amides is 2. The van der Waals surface area contributed by atoms with Crippen LogP contribution in [0.1, 0.15) is 69.8 Å². The molecule has 1 saturated heterocycles. The molecule has 0 bridgehead atoms. The minimum absolute atomic E-state index is 0.0315. The van der Waals surface area contributed by atoms with Gasteiger partial charge < -0.3 is 19.9 Å². The Hall–Kier alpha value is -1.89. The molecule has 1 aliphatic heterocycles. The number of rotatable bonds is 7. The predicted octanol–water partition coefficient (Wildman–Crippen LogP) is 3.48. The number of hydrogen-bond donors (Lipinski definition) is 1. The number of carbonyl (C=O) groups excluding carboxylic acids is 1. The van der Waals surface area contributed by atoms with Crippen LogP contribution < -0.4 is 10.2 Å². The van der Waals surface area contributed by atoms with E-state index < -0.39 is 0 Å². The van der Waals surface area contributed by atoms with Gasteiger partial charge in [-0.15, -0.1) is 0 Å². The quantitative estimate of drug-likeness (QED) is 0.706. The molecule has 0 atom stereocenters. The number of aromatic nitrogens is 2. The van der Waals surface area contributed by atoms with E-state index in [9.17, 15) is 4.79 Å². The highest BCUT2D eigenvalue weighted by molar-refractivity contribution is 5.74. The summed E-state index contributed by atoms with van der Waals surface area (Å²) in [7, 11) is 0. The van der Waals surface area contributed by atoms with E-state index in [2.05, 4.69) is 29.0 Å². The van der Waals surface area contributed by atoms with Crippen LogP contribution in [0.5, 0.6) is 0 Å². The molecule has 7 heteroatoms. The standard InChI is InChI=1S/C22H37N5O2/c1-17(2)21-24-18(3)16-20(25-21)26-11-13-27(14-12-26)22(28)23-10-7-15-29-19-8-5-4-6-9-19/h16-17,19H,4-15H2,1-3H3,(H,23,28). The number of piperazine rings is 1. The van der Waals surface area contributed by atoms with Gasteiger partial charge in [0.25, 0.3) is 0 Å². The van der Waals surface area contributed by atoms with Gasteiger partial charge in [-0.05, 0) is 26.2 Å². The number of nitrogens with zero attached hydrogens (tertiary/aromatic N) is 4. The number of carbonyl (C=O) groups is 1. The monoisotopic (exact) mass is 403 g/mol. The van der Waals surface area contributed by atoms with Gasteiger partial charge in [0.1, 0.15) is 11.6 Å². The van der Waals surface area contributed by atoms with Crippen LogP contribution >= 0.6 is 0 Å². The number of hydrogen-bond acceptors (Lipinski definition) is 5. The molecule has 2 amide bonds. The van der Waals surface area contributed by atoms with Crippen molar-refractivity contribution in [2.75, 3.05) is 44.2 Å². The Balaban J connectivity index is 1.36. The van der Waals surface area contributed by atoms with E-state index in [1.807, 2.05) is 17.9 Å². The fourth-order valence-electron chi connectivity index (χ4n) is 3.99. The molecule has 0 radical (unpaired) electrons. The highest BCUT2D eigenvalue weighted by atomic mass is 16.5. The predicted molar refractivity (Wildman–Crippen MR) is 115 cm³/mol. The zero-order valence-corrected chi connectivity index (χ0v) is 18.3. The molecular formula is C22H37N5O2. The normalized spacial score (nSPS) is 18.3. The Morgan fingerprint density at radius 1 is 1.17 bits per heavy atom. The topological polar surface area (TPSA) is 70.6 Å². The van der Waals surface area contributed by atoms with Gasteiger partial charge in [-0.2, -0.15) is 0 Å². The Morgan fingerprint density at radius 2 is 1.90 bits per heavy atom. The highest BCUT2D eigenvalue weighted by Gasteiger charge is 2.22. The highest BCUT2D eigenvalue weighted by Crippen LogP contribution is 2.20. The maximum absolute atomic E-state index is 12.4. The first-order valence-electron chi connectivity index (χ1n) is 11.3. The number of ether oxygens (including phenoxy) is 1. The van der Waals surface area contributed by atoms with E-state index in [0.717, 1.165) is 43.5 Å². The Kier molecular flexibility index (Phi) is 8.09. The molecule has 0 unspecified atom stereocenters. The minimum atomic E-state index is 0.0315. The lowest BCUT2D eigenvalue weighted by Crippen LogP contribution is -2.52. The van der Waals surface area contributed by atoms with Gasteiger partial charge in [0.2, 0.25) is 0 Å². The summed E-state index contributed by atoms with van der Waals surface area (Å²) in [6.45, 7) is 10.7. The van der Waals surface area contributed by atoms with Crippen molar-refractivity contribution in [1.29, 1.82) is 0 Å². The van der Waals surface area contributed by atoms with Crippen molar-refractivity contribution in [1.82, 2.24) is 20.2 Å². The van der Waals surface area contributed by atoms with Gasteiger partial charge in [0.15, 0.2) is 0 Å². The number of aryl methyl sites for hydroxylation is 1. The van der Waals surface area contributed by atoms with Crippen LogP contribution in [0.25, 0.3) is 0 Å². The van der Waals surface area contributed by atoms with Gasteiger partial charge >= 0.3 is 6.03 Å². The van der Waals surface area contributed by atoms with Crippen LogP contribution in [0.15, 0.2) is 6.07 Å². The molecule has 1 aliphatic carbocycles. The van der Waals surface area contributed by atoms with Crippen molar-refractivity contribution < 1.29 is 9.53 Å². The van der Waals surface area contributed by atoms with Gasteiger partial charge in [-0.1, -0.05) is 33.1 Å². The van der Waals surface area contributed by atoms with Crippen molar-refractivity contribution in [3.63, 3.8) is 0 Å². The van der Waals surface area contributed by atoms with Crippen LogP contribution in [0, 0.1) is 6.92 Å². The fourth-order valence-corrected chi connectivity index (χ4v) is 3.99. The molecule has 0 spiro atoms. The second kappa shape index (κ2) is 10.8. The molecule has 3 rings (SSSR count).